The number of nitrogens with zero attached hydrogens (tertiary/aromatic N) is 3. The summed E-state index contributed by atoms with van der Waals surface area (Å²) in [6, 6.07) is 74.8. The van der Waals surface area contributed by atoms with Crippen LogP contribution in [0.5, 0.6) is 0 Å². The lowest BCUT2D eigenvalue weighted by atomic mass is 9.96. The van der Waals surface area contributed by atoms with Gasteiger partial charge in [-0.05, 0) is 126 Å². The maximum atomic E-state index is 6.60. The van der Waals surface area contributed by atoms with Crippen molar-refractivity contribution in [3.8, 4) is 34.0 Å². The summed E-state index contributed by atoms with van der Waals surface area (Å²) in [5.41, 5.74) is 10.2. The molecule has 0 saturated heterocycles. The Hall–Kier alpha value is -8.54. The van der Waals surface area contributed by atoms with E-state index in [9.17, 15) is 0 Å². The Kier molecular flexibility index (Phi) is 7.84. The standard InChI is InChI=1S/C58H35N3O2/c1-2-12-39-31-40(20-19-36(39)9-1)41-23-27-49-42(32-41)21-22-43-33-44(24-28-50(43)49)61(45-25-29-53-55(34-45)62-57(59-53)51-17-7-13-37-10-3-5-15-47(37)51)46-26-30-54-56(35-46)63-58(60-54)52-18-8-14-38-11-4-6-16-48(38)52/h1-35H. The van der Waals surface area contributed by atoms with Crippen LogP contribution >= 0.6 is 0 Å². The fraction of sp³-hybridized carbons (Fsp3) is 0. The van der Waals surface area contributed by atoms with Crippen molar-refractivity contribution in [2.45, 2.75) is 0 Å². The molecule has 0 saturated carbocycles. The zero-order valence-electron chi connectivity index (χ0n) is 33.9. The third-order valence-electron chi connectivity index (χ3n) is 12.5. The molecular formula is C58H35N3O2. The van der Waals surface area contributed by atoms with Crippen LogP contribution < -0.4 is 4.90 Å². The Bertz CT molecular complexity index is 3790. The van der Waals surface area contributed by atoms with Gasteiger partial charge in [0.05, 0.1) is 0 Å². The summed E-state index contributed by atoms with van der Waals surface area (Å²) in [6.07, 6.45) is 0. The minimum absolute atomic E-state index is 0.593. The zero-order chi connectivity index (χ0) is 41.4. The van der Waals surface area contributed by atoms with E-state index >= 15 is 0 Å². The van der Waals surface area contributed by atoms with Gasteiger partial charge >= 0.3 is 0 Å². The average molecular weight is 806 g/mol. The summed E-state index contributed by atoms with van der Waals surface area (Å²) in [4.78, 5) is 12.2. The van der Waals surface area contributed by atoms with Crippen LogP contribution in [-0.2, 0) is 0 Å². The smallest absolute Gasteiger partial charge is 0.227 e. The Morgan fingerprint density at radius 2 is 0.746 bits per heavy atom. The van der Waals surface area contributed by atoms with Crippen molar-refractivity contribution in [3.05, 3.63) is 212 Å². The minimum Gasteiger partial charge on any atom is -0.436 e. The first-order valence-electron chi connectivity index (χ1n) is 21.2. The number of oxazole rings is 2. The van der Waals surface area contributed by atoms with Crippen molar-refractivity contribution < 1.29 is 8.83 Å². The van der Waals surface area contributed by atoms with Gasteiger partial charge in [0, 0.05) is 40.3 Å². The molecule has 0 fully saturated rings. The normalized spacial score (nSPS) is 11.8. The van der Waals surface area contributed by atoms with Crippen LogP contribution in [0.1, 0.15) is 0 Å². The Balaban J connectivity index is 0.939. The van der Waals surface area contributed by atoms with E-state index in [1.54, 1.807) is 0 Å². The van der Waals surface area contributed by atoms with E-state index in [2.05, 4.69) is 205 Å². The molecule has 11 aromatic carbocycles. The average Bonchev–Trinajstić information content (AvgIpc) is 3.97. The van der Waals surface area contributed by atoms with Crippen molar-refractivity contribution >= 4 is 93.1 Å². The van der Waals surface area contributed by atoms with Crippen LogP contribution in [0.4, 0.5) is 17.1 Å². The predicted octanol–water partition coefficient (Wildman–Crippen LogP) is 16.2. The van der Waals surface area contributed by atoms with Crippen molar-refractivity contribution in [2.24, 2.45) is 0 Å². The molecule has 0 aliphatic carbocycles. The van der Waals surface area contributed by atoms with E-state index < -0.39 is 0 Å². The van der Waals surface area contributed by atoms with Gasteiger partial charge in [-0.3, -0.25) is 0 Å². The monoisotopic (exact) mass is 805 g/mol. The van der Waals surface area contributed by atoms with Gasteiger partial charge in [-0.15, -0.1) is 0 Å². The minimum atomic E-state index is 0.593. The molecule has 2 aromatic heterocycles. The summed E-state index contributed by atoms with van der Waals surface area (Å²) in [6.45, 7) is 0. The summed E-state index contributed by atoms with van der Waals surface area (Å²) in [5.74, 6) is 1.19. The van der Waals surface area contributed by atoms with Crippen molar-refractivity contribution in [2.75, 3.05) is 4.90 Å². The van der Waals surface area contributed by atoms with Gasteiger partial charge in [-0.2, -0.15) is 0 Å². The molecule has 0 spiro atoms. The lowest BCUT2D eigenvalue weighted by Gasteiger charge is -2.25. The van der Waals surface area contributed by atoms with E-state index in [1.165, 1.54) is 38.1 Å². The molecule has 0 atom stereocenters. The van der Waals surface area contributed by atoms with Crippen molar-refractivity contribution in [3.63, 3.8) is 0 Å². The highest BCUT2D eigenvalue weighted by Crippen LogP contribution is 2.42. The molecule has 5 heteroatoms. The number of rotatable bonds is 6. The maximum absolute atomic E-state index is 6.60. The molecule has 0 N–H and O–H groups in total. The van der Waals surface area contributed by atoms with Gasteiger partial charge in [-0.1, -0.05) is 140 Å². The van der Waals surface area contributed by atoms with Gasteiger partial charge in [0.25, 0.3) is 0 Å². The van der Waals surface area contributed by atoms with Crippen LogP contribution in [0.15, 0.2) is 221 Å². The Morgan fingerprint density at radius 1 is 0.302 bits per heavy atom. The van der Waals surface area contributed by atoms with Gasteiger partial charge in [0.1, 0.15) is 11.0 Å². The second-order valence-corrected chi connectivity index (χ2v) is 16.2. The molecule has 0 unspecified atom stereocenters. The Labute approximate surface area is 361 Å². The number of hydrogen-bond acceptors (Lipinski definition) is 5. The molecule has 0 radical (unpaired) electrons. The number of hydrogen-bond donors (Lipinski definition) is 0. The lowest BCUT2D eigenvalue weighted by Crippen LogP contribution is -2.09. The molecule has 2 heterocycles. The van der Waals surface area contributed by atoms with Gasteiger partial charge in [0.2, 0.25) is 11.8 Å². The third kappa shape index (κ3) is 5.93. The van der Waals surface area contributed by atoms with E-state index in [-0.39, 0.29) is 0 Å². The molecule has 63 heavy (non-hydrogen) atoms. The first-order chi connectivity index (χ1) is 31.2. The first kappa shape index (κ1) is 35.2. The molecule has 0 amide bonds. The molecule has 0 aliphatic heterocycles. The summed E-state index contributed by atoms with van der Waals surface area (Å²) < 4.78 is 13.2. The van der Waals surface area contributed by atoms with Crippen LogP contribution in [0.3, 0.4) is 0 Å². The van der Waals surface area contributed by atoms with Gasteiger partial charge < -0.3 is 13.7 Å². The van der Waals surface area contributed by atoms with E-state index in [4.69, 9.17) is 18.8 Å². The SMILES string of the molecule is c1ccc2cc(-c3ccc4c(ccc5cc(N(c6ccc7nc(-c8cccc9ccccc89)oc7c6)c6ccc7nc(-c8cccc9ccccc89)oc7c6)ccc54)c3)ccc2c1. The van der Waals surface area contributed by atoms with Gasteiger partial charge in [0.15, 0.2) is 11.2 Å². The summed E-state index contributed by atoms with van der Waals surface area (Å²) >= 11 is 0. The molecule has 294 valence electrons. The first-order valence-corrected chi connectivity index (χ1v) is 21.2. The molecular weight excluding hydrogens is 771 g/mol. The number of anilines is 3. The fourth-order valence-corrected chi connectivity index (χ4v) is 9.35. The van der Waals surface area contributed by atoms with Crippen molar-refractivity contribution in [1.29, 1.82) is 0 Å². The largest absolute Gasteiger partial charge is 0.436 e. The maximum Gasteiger partial charge on any atom is 0.227 e. The second kappa shape index (κ2) is 14.0. The highest BCUT2D eigenvalue weighted by molar-refractivity contribution is 6.10. The summed E-state index contributed by atoms with van der Waals surface area (Å²) in [7, 11) is 0. The third-order valence-corrected chi connectivity index (χ3v) is 12.5. The quantitative estimate of drug-likeness (QED) is 0.157. The molecule has 13 rings (SSSR count). The highest BCUT2D eigenvalue weighted by Gasteiger charge is 2.20. The summed E-state index contributed by atoms with van der Waals surface area (Å²) in [5, 5.41) is 11.7. The number of aromatic nitrogens is 2. The molecule has 13 aromatic rings. The highest BCUT2D eigenvalue weighted by atomic mass is 16.4. The van der Waals surface area contributed by atoms with Crippen LogP contribution in [0.2, 0.25) is 0 Å². The Morgan fingerprint density at radius 3 is 1.37 bits per heavy atom. The molecule has 0 bridgehead atoms. The molecule has 0 aliphatic rings. The van der Waals surface area contributed by atoms with Crippen LogP contribution in [0, 0.1) is 0 Å². The topological polar surface area (TPSA) is 55.3 Å². The van der Waals surface area contributed by atoms with Crippen LogP contribution in [0.25, 0.3) is 110 Å². The number of benzene rings is 11. The van der Waals surface area contributed by atoms with E-state index in [0.717, 1.165) is 66.2 Å². The van der Waals surface area contributed by atoms with E-state index in [0.29, 0.717) is 22.9 Å². The van der Waals surface area contributed by atoms with Gasteiger partial charge in [-0.25, -0.2) is 9.97 Å². The second-order valence-electron chi connectivity index (χ2n) is 16.2. The molecule has 5 nitrogen and oxygen atoms in total. The van der Waals surface area contributed by atoms with Crippen molar-refractivity contribution in [1.82, 2.24) is 9.97 Å². The number of fused-ring (bicyclic) bond motifs is 8. The van der Waals surface area contributed by atoms with E-state index in [1.807, 2.05) is 12.1 Å². The van der Waals surface area contributed by atoms with Crippen LogP contribution in [-0.4, -0.2) is 9.97 Å². The fourth-order valence-electron chi connectivity index (χ4n) is 9.35. The zero-order valence-corrected chi connectivity index (χ0v) is 33.9. The predicted molar refractivity (Wildman–Crippen MR) is 260 cm³/mol. The lowest BCUT2D eigenvalue weighted by molar-refractivity contribution is 0.620.